The minimum absolute atomic E-state index is 0.159. The molecule has 4 heteroatoms. The maximum Gasteiger partial charge on any atom is 0.125 e. The van der Waals surface area contributed by atoms with Gasteiger partial charge < -0.3 is 9.88 Å². The summed E-state index contributed by atoms with van der Waals surface area (Å²) in [6.45, 7) is 0. The molecule has 3 nitrogen and oxygen atoms in total. The summed E-state index contributed by atoms with van der Waals surface area (Å²) in [6, 6.07) is 4.84. The van der Waals surface area contributed by atoms with Gasteiger partial charge in [-0.3, -0.25) is 0 Å². The van der Waals surface area contributed by atoms with Crippen LogP contribution in [0.2, 0.25) is 0 Å². The number of nitrogens with zero attached hydrogens (tertiary/aromatic N) is 2. The van der Waals surface area contributed by atoms with Crippen molar-refractivity contribution >= 4 is 11.0 Å². The first-order chi connectivity index (χ1) is 9.63. The SMILES string of the molecule is CNC1(Cc2nc3cc(F)ccc3n2C)CCCCC1. The van der Waals surface area contributed by atoms with Crippen molar-refractivity contribution in [3.8, 4) is 0 Å². The number of halogens is 1. The number of hydrogen-bond donors (Lipinski definition) is 1. The smallest absolute Gasteiger partial charge is 0.125 e. The molecule has 0 unspecified atom stereocenters. The third-order valence-corrected chi connectivity index (χ3v) is 4.77. The number of aromatic nitrogens is 2. The molecule has 1 aromatic heterocycles. The van der Waals surface area contributed by atoms with Crippen LogP contribution >= 0.6 is 0 Å². The molecule has 1 N–H and O–H groups in total. The zero-order valence-corrected chi connectivity index (χ0v) is 12.2. The van der Waals surface area contributed by atoms with Crippen LogP contribution in [0.1, 0.15) is 37.9 Å². The van der Waals surface area contributed by atoms with Gasteiger partial charge in [-0.2, -0.15) is 0 Å². The number of likely N-dealkylation sites (N-methyl/N-ethyl adjacent to an activating group) is 1. The standard InChI is InChI=1S/C16H22FN3/c1-18-16(8-4-3-5-9-16)11-15-19-13-10-12(17)6-7-14(13)20(15)2/h6-7,10,18H,3-5,8-9,11H2,1-2H3. The monoisotopic (exact) mass is 275 g/mol. The number of benzene rings is 1. The van der Waals surface area contributed by atoms with Crippen molar-refractivity contribution < 1.29 is 4.39 Å². The number of hydrogen-bond acceptors (Lipinski definition) is 2. The summed E-state index contributed by atoms with van der Waals surface area (Å²) in [4.78, 5) is 4.64. The molecule has 1 saturated carbocycles. The molecule has 0 radical (unpaired) electrons. The van der Waals surface area contributed by atoms with Gasteiger partial charge in [0, 0.05) is 25.1 Å². The van der Waals surface area contributed by atoms with E-state index in [1.54, 1.807) is 0 Å². The molecule has 0 saturated heterocycles. The largest absolute Gasteiger partial charge is 0.331 e. The molecule has 108 valence electrons. The van der Waals surface area contributed by atoms with E-state index in [1.165, 1.54) is 44.2 Å². The maximum atomic E-state index is 13.3. The molecule has 0 atom stereocenters. The number of rotatable bonds is 3. The van der Waals surface area contributed by atoms with Crippen LogP contribution in [-0.2, 0) is 13.5 Å². The zero-order valence-electron chi connectivity index (χ0n) is 12.2. The van der Waals surface area contributed by atoms with E-state index in [9.17, 15) is 4.39 Å². The molecule has 2 aromatic rings. The van der Waals surface area contributed by atoms with Crippen molar-refractivity contribution in [2.24, 2.45) is 7.05 Å². The molecule has 1 aliphatic carbocycles. The van der Waals surface area contributed by atoms with Gasteiger partial charge in [-0.15, -0.1) is 0 Å². The lowest BCUT2D eigenvalue weighted by atomic mass is 9.79. The molecular formula is C16H22FN3. The van der Waals surface area contributed by atoms with Crippen LogP contribution in [-0.4, -0.2) is 22.1 Å². The second kappa shape index (κ2) is 5.17. The van der Waals surface area contributed by atoms with Crippen molar-refractivity contribution in [2.45, 2.75) is 44.1 Å². The fourth-order valence-electron chi connectivity index (χ4n) is 3.43. The summed E-state index contributed by atoms with van der Waals surface area (Å²) in [5.41, 5.74) is 1.92. The van der Waals surface area contributed by atoms with E-state index in [0.29, 0.717) is 0 Å². The van der Waals surface area contributed by atoms with E-state index < -0.39 is 0 Å². The van der Waals surface area contributed by atoms with Gasteiger partial charge in [0.2, 0.25) is 0 Å². The number of nitrogens with one attached hydrogen (secondary N) is 1. The molecule has 20 heavy (non-hydrogen) atoms. The molecule has 3 rings (SSSR count). The molecule has 1 fully saturated rings. The minimum atomic E-state index is -0.219. The Balaban J connectivity index is 1.95. The highest BCUT2D eigenvalue weighted by atomic mass is 19.1. The van der Waals surface area contributed by atoms with Gasteiger partial charge in [0.1, 0.15) is 11.6 Å². The van der Waals surface area contributed by atoms with Crippen LogP contribution in [0.25, 0.3) is 11.0 Å². The highest BCUT2D eigenvalue weighted by Gasteiger charge is 2.32. The average Bonchev–Trinajstić information content (AvgIpc) is 2.75. The predicted molar refractivity (Wildman–Crippen MR) is 79.3 cm³/mol. The Bertz CT molecular complexity index is 611. The Kier molecular flexibility index (Phi) is 3.50. The van der Waals surface area contributed by atoms with Gasteiger partial charge in [-0.1, -0.05) is 19.3 Å². The molecular weight excluding hydrogens is 253 g/mol. The first kappa shape index (κ1) is 13.6. The van der Waals surface area contributed by atoms with Crippen molar-refractivity contribution in [3.05, 3.63) is 29.8 Å². The molecule has 1 aromatic carbocycles. The van der Waals surface area contributed by atoms with Crippen LogP contribution < -0.4 is 5.32 Å². The zero-order chi connectivity index (χ0) is 14.2. The van der Waals surface area contributed by atoms with Crippen molar-refractivity contribution in [2.75, 3.05) is 7.05 Å². The Labute approximate surface area is 119 Å². The van der Waals surface area contributed by atoms with Gasteiger partial charge in [0.15, 0.2) is 0 Å². The van der Waals surface area contributed by atoms with Crippen molar-refractivity contribution in [1.29, 1.82) is 0 Å². The van der Waals surface area contributed by atoms with Crippen LogP contribution in [0.15, 0.2) is 18.2 Å². The topological polar surface area (TPSA) is 29.9 Å². The lowest BCUT2D eigenvalue weighted by Crippen LogP contribution is -2.47. The third-order valence-electron chi connectivity index (χ3n) is 4.77. The number of aryl methyl sites for hydroxylation is 1. The number of fused-ring (bicyclic) bond motifs is 1. The van der Waals surface area contributed by atoms with Crippen molar-refractivity contribution in [1.82, 2.24) is 14.9 Å². The van der Waals surface area contributed by atoms with Gasteiger partial charge in [0.25, 0.3) is 0 Å². The molecule has 0 spiro atoms. The van der Waals surface area contributed by atoms with Crippen LogP contribution in [0.4, 0.5) is 4.39 Å². The fraction of sp³-hybridized carbons (Fsp3) is 0.562. The summed E-state index contributed by atoms with van der Waals surface area (Å²) in [7, 11) is 4.07. The van der Waals surface area contributed by atoms with Gasteiger partial charge >= 0.3 is 0 Å². The summed E-state index contributed by atoms with van der Waals surface area (Å²) >= 11 is 0. The summed E-state index contributed by atoms with van der Waals surface area (Å²) in [5.74, 6) is 0.824. The molecule has 0 aliphatic heterocycles. The lowest BCUT2D eigenvalue weighted by Gasteiger charge is -2.37. The van der Waals surface area contributed by atoms with E-state index in [4.69, 9.17) is 0 Å². The van der Waals surface area contributed by atoms with Gasteiger partial charge in [0.05, 0.1) is 11.0 Å². The number of imidazole rings is 1. The van der Waals surface area contributed by atoms with E-state index >= 15 is 0 Å². The van der Waals surface area contributed by atoms with Crippen LogP contribution in [0, 0.1) is 5.82 Å². The second-order valence-electron chi connectivity index (χ2n) is 5.99. The van der Waals surface area contributed by atoms with Crippen LogP contribution in [0.5, 0.6) is 0 Å². The quantitative estimate of drug-likeness (QED) is 0.932. The van der Waals surface area contributed by atoms with Gasteiger partial charge in [-0.25, -0.2) is 9.37 Å². The summed E-state index contributed by atoms with van der Waals surface area (Å²) < 4.78 is 15.4. The van der Waals surface area contributed by atoms with E-state index in [2.05, 4.69) is 14.9 Å². The Hall–Kier alpha value is -1.42. The highest BCUT2D eigenvalue weighted by Crippen LogP contribution is 2.31. The fourth-order valence-corrected chi connectivity index (χ4v) is 3.43. The Morgan fingerprint density at radius 2 is 2.05 bits per heavy atom. The van der Waals surface area contributed by atoms with Crippen molar-refractivity contribution in [3.63, 3.8) is 0 Å². The van der Waals surface area contributed by atoms with E-state index in [1.807, 2.05) is 20.2 Å². The first-order valence-corrected chi connectivity index (χ1v) is 7.43. The van der Waals surface area contributed by atoms with E-state index in [0.717, 1.165) is 23.3 Å². The highest BCUT2D eigenvalue weighted by molar-refractivity contribution is 5.76. The second-order valence-corrected chi connectivity index (χ2v) is 5.99. The molecule has 0 bridgehead atoms. The predicted octanol–water partition coefficient (Wildman–Crippen LogP) is 3.18. The molecule has 0 amide bonds. The van der Waals surface area contributed by atoms with Gasteiger partial charge in [-0.05, 0) is 32.0 Å². The van der Waals surface area contributed by atoms with Crippen LogP contribution in [0.3, 0.4) is 0 Å². The summed E-state index contributed by atoms with van der Waals surface area (Å²) in [6.07, 6.45) is 7.19. The normalized spacial score (nSPS) is 18.6. The Morgan fingerprint density at radius 1 is 1.30 bits per heavy atom. The van der Waals surface area contributed by atoms with E-state index in [-0.39, 0.29) is 11.4 Å². The molecule has 1 aliphatic rings. The summed E-state index contributed by atoms with van der Waals surface area (Å²) in [5, 5.41) is 3.52. The Morgan fingerprint density at radius 3 is 2.75 bits per heavy atom. The maximum absolute atomic E-state index is 13.3. The molecule has 1 heterocycles. The minimum Gasteiger partial charge on any atom is -0.331 e. The lowest BCUT2D eigenvalue weighted by molar-refractivity contribution is 0.240. The first-order valence-electron chi connectivity index (χ1n) is 7.43. The average molecular weight is 275 g/mol. The third kappa shape index (κ3) is 2.33.